The van der Waals surface area contributed by atoms with Gasteiger partial charge in [0.15, 0.2) is 5.41 Å². The van der Waals surface area contributed by atoms with Gasteiger partial charge in [-0.25, -0.2) is 0 Å². The van der Waals surface area contributed by atoms with Crippen LogP contribution in [-0.4, -0.2) is 23.1 Å². The third-order valence-corrected chi connectivity index (χ3v) is 6.27. The zero-order valence-electron chi connectivity index (χ0n) is 18.5. The monoisotopic (exact) mass is 396 g/mol. The summed E-state index contributed by atoms with van der Waals surface area (Å²) in [5.41, 5.74) is -1.29. The highest BCUT2D eigenvalue weighted by Gasteiger charge is 2.48. The van der Waals surface area contributed by atoms with Crippen molar-refractivity contribution in [2.45, 2.75) is 136 Å². The lowest BCUT2D eigenvalue weighted by Crippen LogP contribution is -2.43. The summed E-state index contributed by atoms with van der Waals surface area (Å²) in [6, 6.07) is 0. The van der Waals surface area contributed by atoms with Crippen LogP contribution in [0.5, 0.6) is 0 Å². The van der Waals surface area contributed by atoms with Crippen molar-refractivity contribution in [3.8, 4) is 0 Å². The molecule has 0 aromatic carbocycles. The second-order valence-electron chi connectivity index (χ2n) is 8.73. The fourth-order valence-electron chi connectivity index (χ4n) is 4.37. The number of aliphatic carboxylic acids is 1. The molecule has 1 fully saturated rings. The standard InChI is InChI=1S/C24H44O4/c1-3-5-6-7-8-9-10-11-12-14-18-21(17-4-2)28-23(27)24(22(25)26)19-15-13-16-20-24/h21H,3-20H2,1-2H3,(H,25,26). The second kappa shape index (κ2) is 14.9. The summed E-state index contributed by atoms with van der Waals surface area (Å²) in [5, 5.41) is 9.67. The van der Waals surface area contributed by atoms with E-state index in [1.807, 2.05) is 0 Å². The predicted octanol–water partition coefficient (Wildman–Crippen LogP) is 7.04. The molecule has 4 heteroatoms. The normalized spacial score (nSPS) is 17.2. The number of ether oxygens (including phenoxy) is 1. The van der Waals surface area contributed by atoms with Gasteiger partial charge in [0.1, 0.15) is 6.10 Å². The molecular formula is C24H44O4. The van der Waals surface area contributed by atoms with Crippen molar-refractivity contribution in [2.24, 2.45) is 5.41 Å². The molecule has 0 aromatic rings. The van der Waals surface area contributed by atoms with E-state index in [4.69, 9.17) is 4.74 Å². The molecule has 4 nitrogen and oxygen atoms in total. The van der Waals surface area contributed by atoms with Crippen molar-refractivity contribution >= 4 is 11.9 Å². The number of carbonyl (C=O) groups is 2. The van der Waals surface area contributed by atoms with Gasteiger partial charge in [0, 0.05) is 0 Å². The molecule has 0 saturated heterocycles. The molecule has 28 heavy (non-hydrogen) atoms. The minimum Gasteiger partial charge on any atom is -0.480 e. The highest BCUT2D eigenvalue weighted by molar-refractivity contribution is 5.99. The van der Waals surface area contributed by atoms with Crippen molar-refractivity contribution in [2.75, 3.05) is 0 Å². The number of hydrogen-bond acceptors (Lipinski definition) is 3. The highest BCUT2D eigenvalue weighted by atomic mass is 16.5. The molecule has 0 radical (unpaired) electrons. The van der Waals surface area contributed by atoms with E-state index in [1.165, 1.54) is 57.8 Å². The van der Waals surface area contributed by atoms with Gasteiger partial charge >= 0.3 is 11.9 Å². The summed E-state index contributed by atoms with van der Waals surface area (Å²) in [6.45, 7) is 4.34. The summed E-state index contributed by atoms with van der Waals surface area (Å²) in [6.07, 6.45) is 18.9. The van der Waals surface area contributed by atoms with Crippen LogP contribution in [0, 0.1) is 5.41 Å². The molecule has 1 atom stereocenters. The Hall–Kier alpha value is -1.06. The number of carbonyl (C=O) groups excluding carboxylic acids is 1. The van der Waals surface area contributed by atoms with Crippen LogP contribution in [0.25, 0.3) is 0 Å². The Morgan fingerprint density at radius 2 is 1.32 bits per heavy atom. The Bertz CT molecular complexity index is 426. The van der Waals surface area contributed by atoms with Gasteiger partial charge in [0.2, 0.25) is 0 Å². The highest BCUT2D eigenvalue weighted by Crippen LogP contribution is 2.38. The number of carboxylic acids is 1. The van der Waals surface area contributed by atoms with Crippen LogP contribution in [-0.2, 0) is 14.3 Å². The third kappa shape index (κ3) is 8.96. The first kappa shape index (κ1) is 25.0. The number of esters is 1. The van der Waals surface area contributed by atoms with Crippen molar-refractivity contribution in [1.29, 1.82) is 0 Å². The first-order chi connectivity index (χ1) is 13.6. The lowest BCUT2D eigenvalue weighted by Gasteiger charge is -2.32. The zero-order chi connectivity index (χ0) is 20.7. The van der Waals surface area contributed by atoms with Crippen LogP contribution in [0.4, 0.5) is 0 Å². The summed E-state index contributed by atoms with van der Waals surface area (Å²) in [5.74, 6) is -1.48. The third-order valence-electron chi connectivity index (χ3n) is 6.27. The topological polar surface area (TPSA) is 63.6 Å². The largest absolute Gasteiger partial charge is 0.480 e. The van der Waals surface area contributed by atoms with E-state index in [2.05, 4.69) is 13.8 Å². The Kier molecular flexibility index (Phi) is 13.3. The van der Waals surface area contributed by atoms with Crippen LogP contribution < -0.4 is 0 Å². The van der Waals surface area contributed by atoms with Crippen LogP contribution in [0.1, 0.15) is 129 Å². The number of hydrogen-bond donors (Lipinski definition) is 1. The average molecular weight is 397 g/mol. The van der Waals surface area contributed by atoms with Gasteiger partial charge in [-0.1, -0.05) is 97.3 Å². The van der Waals surface area contributed by atoms with E-state index in [-0.39, 0.29) is 6.10 Å². The Balaban J connectivity index is 2.28. The predicted molar refractivity (Wildman–Crippen MR) is 114 cm³/mol. The van der Waals surface area contributed by atoms with Gasteiger partial charge in [-0.3, -0.25) is 9.59 Å². The van der Waals surface area contributed by atoms with Gasteiger partial charge in [-0.2, -0.15) is 0 Å². The maximum Gasteiger partial charge on any atom is 0.323 e. The van der Waals surface area contributed by atoms with Gasteiger partial charge in [-0.05, 0) is 32.1 Å². The molecule has 0 aliphatic heterocycles. The first-order valence-corrected chi connectivity index (χ1v) is 12.0. The fourth-order valence-corrected chi connectivity index (χ4v) is 4.37. The average Bonchev–Trinajstić information content (AvgIpc) is 2.69. The molecule has 0 spiro atoms. The molecule has 0 heterocycles. The molecule has 0 bridgehead atoms. The van der Waals surface area contributed by atoms with Gasteiger partial charge in [-0.15, -0.1) is 0 Å². The second-order valence-corrected chi connectivity index (χ2v) is 8.73. The summed E-state index contributed by atoms with van der Waals surface area (Å²) >= 11 is 0. The van der Waals surface area contributed by atoms with Crippen LogP contribution in [0.3, 0.4) is 0 Å². The molecule has 1 unspecified atom stereocenters. The molecule has 0 aromatic heterocycles. The van der Waals surface area contributed by atoms with Gasteiger partial charge in [0.05, 0.1) is 0 Å². The Labute approximate surface area is 172 Å². The maximum absolute atomic E-state index is 12.7. The maximum atomic E-state index is 12.7. The molecule has 1 rings (SSSR count). The van der Waals surface area contributed by atoms with E-state index in [0.29, 0.717) is 12.8 Å². The number of unbranched alkanes of at least 4 members (excludes halogenated alkanes) is 9. The minimum atomic E-state index is -1.29. The lowest BCUT2D eigenvalue weighted by atomic mass is 9.74. The molecule has 164 valence electrons. The van der Waals surface area contributed by atoms with Crippen molar-refractivity contribution in [1.82, 2.24) is 0 Å². The van der Waals surface area contributed by atoms with E-state index < -0.39 is 17.4 Å². The summed E-state index contributed by atoms with van der Waals surface area (Å²) in [4.78, 5) is 24.5. The van der Waals surface area contributed by atoms with Crippen molar-refractivity contribution in [3.63, 3.8) is 0 Å². The van der Waals surface area contributed by atoms with Crippen molar-refractivity contribution in [3.05, 3.63) is 0 Å². The van der Waals surface area contributed by atoms with E-state index in [0.717, 1.165) is 44.9 Å². The molecule has 1 aliphatic rings. The molecular weight excluding hydrogens is 352 g/mol. The number of carboxylic acid groups (broad SMARTS) is 1. The Morgan fingerprint density at radius 3 is 1.82 bits per heavy atom. The zero-order valence-corrected chi connectivity index (χ0v) is 18.5. The SMILES string of the molecule is CCCCCCCCCCCCC(CCC)OC(=O)C1(C(=O)O)CCCCC1. The van der Waals surface area contributed by atoms with Gasteiger partial charge in [0.25, 0.3) is 0 Å². The van der Waals surface area contributed by atoms with E-state index >= 15 is 0 Å². The smallest absolute Gasteiger partial charge is 0.323 e. The molecule has 1 aliphatic carbocycles. The molecule has 0 amide bonds. The lowest BCUT2D eigenvalue weighted by molar-refractivity contribution is -0.175. The summed E-state index contributed by atoms with van der Waals surface area (Å²) in [7, 11) is 0. The first-order valence-electron chi connectivity index (χ1n) is 12.0. The van der Waals surface area contributed by atoms with Crippen LogP contribution in [0.2, 0.25) is 0 Å². The van der Waals surface area contributed by atoms with Crippen molar-refractivity contribution < 1.29 is 19.4 Å². The van der Waals surface area contributed by atoms with Crippen LogP contribution in [0.15, 0.2) is 0 Å². The minimum absolute atomic E-state index is 0.121. The van der Waals surface area contributed by atoms with E-state index in [1.54, 1.807) is 0 Å². The van der Waals surface area contributed by atoms with Crippen LogP contribution >= 0.6 is 0 Å². The molecule has 1 N–H and O–H groups in total. The molecule has 1 saturated carbocycles. The summed E-state index contributed by atoms with van der Waals surface area (Å²) < 4.78 is 5.76. The quantitative estimate of drug-likeness (QED) is 0.172. The fraction of sp³-hybridized carbons (Fsp3) is 0.917. The van der Waals surface area contributed by atoms with E-state index in [9.17, 15) is 14.7 Å². The van der Waals surface area contributed by atoms with Gasteiger partial charge < -0.3 is 9.84 Å². The number of rotatable bonds is 16. The Morgan fingerprint density at radius 1 is 0.786 bits per heavy atom.